The van der Waals surface area contributed by atoms with E-state index in [-0.39, 0.29) is 24.4 Å². The van der Waals surface area contributed by atoms with E-state index in [0.29, 0.717) is 18.3 Å². The van der Waals surface area contributed by atoms with Gasteiger partial charge in [0.25, 0.3) is 11.1 Å². The van der Waals surface area contributed by atoms with Crippen molar-refractivity contribution in [2.75, 3.05) is 19.7 Å². The van der Waals surface area contributed by atoms with E-state index in [0.717, 1.165) is 12.8 Å². The van der Waals surface area contributed by atoms with Crippen LogP contribution in [0.25, 0.3) is 0 Å². The number of ether oxygens (including phenoxy) is 2. The fraction of sp³-hybridized carbons (Fsp3) is 0.400. The molecule has 0 spiro atoms. The number of benzene rings is 1. The Bertz CT molecular complexity index is 645. The summed E-state index contributed by atoms with van der Waals surface area (Å²) in [6.45, 7) is 1.01. The first-order valence-electron chi connectivity index (χ1n) is 7.30. The number of amides is 1. The first-order chi connectivity index (χ1) is 11.2. The van der Waals surface area contributed by atoms with E-state index in [1.54, 1.807) is 22.5 Å². The van der Waals surface area contributed by atoms with Crippen LogP contribution in [0.3, 0.4) is 0 Å². The number of halogens is 1. The molecule has 2 aromatic rings. The van der Waals surface area contributed by atoms with E-state index < -0.39 is 5.82 Å². The molecule has 0 saturated carbocycles. The second-order valence-corrected chi connectivity index (χ2v) is 5.92. The van der Waals surface area contributed by atoms with Crippen LogP contribution in [0.15, 0.2) is 29.8 Å². The van der Waals surface area contributed by atoms with Gasteiger partial charge in [0, 0.05) is 25.9 Å². The van der Waals surface area contributed by atoms with Crippen molar-refractivity contribution in [2.45, 2.75) is 18.9 Å². The molecule has 1 aromatic carbocycles. The minimum Gasteiger partial charge on any atom is -0.481 e. The Hall–Kier alpha value is -2.22. The lowest BCUT2D eigenvalue weighted by molar-refractivity contribution is -0.135. The van der Waals surface area contributed by atoms with Gasteiger partial charge in [-0.3, -0.25) is 4.79 Å². The fourth-order valence-corrected chi connectivity index (χ4v) is 2.84. The van der Waals surface area contributed by atoms with Crippen molar-refractivity contribution in [1.29, 1.82) is 0 Å². The van der Waals surface area contributed by atoms with Crippen molar-refractivity contribution < 1.29 is 18.7 Å². The highest BCUT2D eigenvalue weighted by atomic mass is 32.1. The number of piperidine rings is 1. The van der Waals surface area contributed by atoms with E-state index in [2.05, 4.69) is 10.2 Å². The smallest absolute Gasteiger partial charge is 0.294 e. The lowest BCUT2D eigenvalue weighted by Crippen LogP contribution is -2.43. The summed E-state index contributed by atoms with van der Waals surface area (Å²) in [6.07, 6.45) is 1.50. The predicted molar refractivity (Wildman–Crippen MR) is 82.0 cm³/mol. The van der Waals surface area contributed by atoms with E-state index >= 15 is 0 Å². The van der Waals surface area contributed by atoms with Crippen molar-refractivity contribution in [2.24, 2.45) is 0 Å². The van der Waals surface area contributed by atoms with Crippen molar-refractivity contribution in [3.63, 3.8) is 0 Å². The summed E-state index contributed by atoms with van der Waals surface area (Å²) in [4.78, 5) is 13.8. The van der Waals surface area contributed by atoms with Gasteiger partial charge in [0.15, 0.2) is 18.2 Å². The van der Waals surface area contributed by atoms with Crippen LogP contribution in [0.5, 0.6) is 10.9 Å². The van der Waals surface area contributed by atoms with Gasteiger partial charge in [0.1, 0.15) is 11.6 Å². The van der Waals surface area contributed by atoms with E-state index in [4.69, 9.17) is 9.47 Å². The largest absolute Gasteiger partial charge is 0.481 e. The topological polar surface area (TPSA) is 64.5 Å². The molecule has 1 aliphatic heterocycles. The number of nitrogens with zero attached hydrogens (tertiary/aromatic N) is 3. The molecule has 1 saturated heterocycles. The minimum absolute atomic E-state index is 0.0412. The van der Waals surface area contributed by atoms with Gasteiger partial charge in [0.05, 0.1) is 0 Å². The standard InChI is InChI=1S/C15H16FN3O3S/c16-12-3-1-2-4-13(12)21-9-14(20)19-7-5-11(6-8-19)22-15-18-17-10-23-15/h1-4,10-11H,5-9H2. The lowest BCUT2D eigenvalue weighted by atomic mass is 10.1. The maximum atomic E-state index is 13.4. The summed E-state index contributed by atoms with van der Waals surface area (Å²) in [6, 6.07) is 6.05. The van der Waals surface area contributed by atoms with Crippen molar-refractivity contribution in [3.05, 3.63) is 35.6 Å². The van der Waals surface area contributed by atoms with Crippen molar-refractivity contribution in [1.82, 2.24) is 15.1 Å². The number of aromatic nitrogens is 2. The van der Waals surface area contributed by atoms with Crippen LogP contribution in [-0.2, 0) is 4.79 Å². The molecule has 0 aliphatic carbocycles. The quantitative estimate of drug-likeness (QED) is 0.836. The molecule has 122 valence electrons. The third-order valence-electron chi connectivity index (χ3n) is 3.59. The minimum atomic E-state index is -0.468. The molecule has 1 amide bonds. The highest BCUT2D eigenvalue weighted by Gasteiger charge is 2.24. The number of para-hydroxylation sites is 1. The molecule has 0 radical (unpaired) electrons. The summed E-state index contributed by atoms with van der Waals surface area (Å²) in [5.74, 6) is -0.526. The van der Waals surface area contributed by atoms with Crippen molar-refractivity contribution in [3.8, 4) is 10.9 Å². The molecule has 0 unspecified atom stereocenters. The van der Waals surface area contributed by atoms with Crippen LogP contribution in [0.2, 0.25) is 0 Å². The first-order valence-corrected chi connectivity index (χ1v) is 8.18. The molecule has 0 N–H and O–H groups in total. The average Bonchev–Trinajstić information content (AvgIpc) is 3.07. The number of likely N-dealkylation sites (tertiary alicyclic amines) is 1. The van der Waals surface area contributed by atoms with Gasteiger partial charge >= 0.3 is 0 Å². The monoisotopic (exact) mass is 337 g/mol. The Kier molecular flexibility index (Phi) is 5.02. The third kappa shape index (κ3) is 4.16. The van der Waals surface area contributed by atoms with Crippen molar-refractivity contribution >= 4 is 17.2 Å². The van der Waals surface area contributed by atoms with Crippen LogP contribution >= 0.6 is 11.3 Å². The average molecular weight is 337 g/mol. The van der Waals surface area contributed by atoms with Crippen LogP contribution < -0.4 is 9.47 Å². The number of rotatable bonds is 5. The van der Waals surface area contributed by atoms with Gasteiger partial charge in [-0.15, -0.1) is 10.2 Å². The molecule has 23 heavy (non-hydrogen) atoms. The SMILES string of the molecule is O=C(COc1ccccc1F)N1CCC(Oc2nncs2)CC1. The van der Waals surface area contributed by atoms with Gasteiger partial charge < -0.3 is 14.4 Å². The second kappa shape index (κ2) is 7.36. The first kappa shape index (κ1) is 15.7. The summed E-state index contributed by atoms with van der Waals surface area (Å²) < 4.78 is 24.4. The maximum Gasteiger partial charge on any atom is 0.294 e. The Morgan fingerprint density at radius 2 is 2.13 bits per heavy atom. The summed E-state index contributed by atoms with van der Waals surface area (Å²) in [5.41, 5.74) is 1.62. The Labute approximate surface area is 136 Å². The molecule has 1 fully saturated rings. The van der Waals surface area contributed by atoms with Crippen LogP contribution in [-0.4, -0.2) is 46.8 Å². The van der Waals surface area contributed by atoms with Gasteiger partial charge in [-0.25, -0.2) is 4.39 Å². The molecule has 3 rings (SSSR count). The van der Waals surface area contributed by atoms with Gasteiger partial charge in [-0.05, 0) is 12.1 Å². The van der Waals surface area contributed by atoms with Gasteiger partial charge in [-0.1, -0.05) is 23.5 Å². The molecule has 1 aliphatic rings. The number of hydrogen-bond acceptors (Lipinski definition) is 6. The van der Waals surface area contributed by atoms with Crippen LogP contribution in [0, 0.1) is 5.82 Å². The molecule has 0 bridgehead atoms. The molecular weight excluding hydrogens is 321 g/mol. The molecule has 0 atom stereocenters. The Morgan fingerprint density at radius 1 is 1.35 bits per heavy atom. The highest BCUT2D eigenvalue weighted by molar-refractivity contribution is 7.11. The normalized spacial score (nSPS) is 15.4. The Balaban J connectivity index is 1.44. The number of carbonyl (C=O) groups excluding carboxylic acids is 1. The van der Waals surface area contributed by atoms with E-state index in [1.165, 1.54) is 23.5 Å². The zero-order chi connectivity index (χ0) is 16.1. The Morgan fingerprint density at radius 3 is 2.83 bits per heavy atom. The predicted octanol–water partition coefficient (Wildman–Crippen LogP) is 2.13. The summed E-state index contributed by atoms with van der Waals surface area (Å²) >= 11 is 1.35. The zero-order valence-electron chi connectivity index (χ0n) is 12.4. The molecule has 6 nitrogen and oxygen atoms in total. The van der Waals surface area contributed by atoms with Gasteiger partial charge in [-0.2, -0.15) is 0 Å². The number of hydrogen-bond donors (Lipinski definition) is 0. The van der Waals surface area contributed by atoms with Crippen LogP contribution in [0.1, 0.15) is 12.8 Å². The van der Waals surface area contributed by atoms with E-state index in [1.807, 2.05) is 0 Å². The van der Waals surface area contributed by atoms with E-state index in [9.17, 15) is 9.18 Å². The van der Waals surface area contributed by atoms with Gasteiger partial charge in [0.2, 0.25) is 0 Å². The maximum absolute atomic E-state index is 13.4. The molecule has 1 aromatic heterocycles. The zero-order valence-corrected chi connectivity index (χ0v) is 13.2. The fourth-order valence-electron chi connectivity index (χ4n) is 2.37. The summed E-state index contributed by atoms with van der Waals surface area (Å²) in [5, 5.41) is 8.12. The second-order valence-electron chi connectivity index (χ2n) is 5.12. The third-order valence-corrected chi connectivity index (χ3v) is 4.17. The molecule has 2 heterocycles. The summed E-state index contributed by atoms with van der Waals surface area (Å²) in [7, 11) is 0. The molecule has 8 heteroatoms. The lowest BCUT2D eigenvalue weighted by Gasteiger charge is -2.31. The van der Waals surface area contributed by atoms with Crippen LogP contribution in [0.4, 0.5) is 4.39 Å². The highest BCUT2D eigenvalue weighted by Crippen LogP contribution is 2.20. The molecular formula is C15H16FN3O3S. The number of carbonyl (C=O) groups is 1.